The zero-order chi connectivity index (χ0) is 15.1. The molecule has 0 aliphatic heterocycles. The van der Waals surface area contributed by atoms with Gasteiger partial charge in [-0.2, -0.15) is 0 Å². The molecule has 4 nitrogen and oxygen atoms in total. The molecule has 0 saturated heterocycles. The SMILES string of the molecule is O=C(CO/N=C\c1ccc(Cl)cc1Cl)NCc1cccs1. The zero-order valence-corrected chi connectivity index (χ0v) is 13.2. The van der Waals surface area contributed by atoms with Crippen LogP contribution in [0, 0.1) is 0 Å². The largest absolute Gasteiger partial charge is 0.386 e. The van der Waals surface area contributed by atoms with E-state index in [1.807, 2.05) is 17.5 Å². The maximum atomic E-state index is 11.5. The Bertz CT molecular complexity index is 630. The Morgan fingerprint density at radius 2 is 2.24 bits per heavy atom. The molecule has 1 heterocycles. The van der Waals surface area contributed by atoms with Crippen molar-refractivity contribution < 1.29 is 9.63 Å². The minimum absolute atomic E-state index is 0.146. The first-order valence-electron chi connectivity index (χ1n) is 6.04. The van der Waals surface area contributed by atoms with Gasteiger partial charge in [-0.3, -0.25) is 4.79 Å². The molecule has 1 N–H and O–H groups in total. The molecule has 21 heavy (non-hydrogen) atoms. The van der Waals surface area contributed by atoms with E-state index in [2.05, 4.69) is 10.5 Å². The lowest BCUT2D eigenvalue weighted by atomic mass is 10.2. The molecule has 1 aromatic heterocycles. The summed E-state index contributed by atoms with van der Waals surface area (Å²) in [6.07, 6.45) is 1.44. The van der Waals surface area contributed by atoms with Crippen molar-refractivity contribution in [1.82, 2.24) is 5.32 Å². The van der Waals surface area contributed by atoms with Gasteiger partial charge in [0.1, 0.15) is 0 Å². The molecule has 110 valence electrons. The van der Waals surface area contributed by atoms with Gasteiger partial charge in [0.15, 0.2) is 6.61 Å². The summed E-state index contributed by atoms with van der Waals surface area (Å²) in [5.74, 6) is -0.234. The molecular weight excluding hydrogens is 331 g/mol. The number of oxime groups is 1. The van der Waals surface area contributed by atoms with E-state index in [1.54, 1.807) is 29.5 Å². The first-order chi connectivity index (χ1) is 10.1. The fraction of sp³-hybridized carbons (Fsp3) is 0.143. The average Bonchev–Trinajstić information content (AvgIpc) is 2.96. The van der Waals surface area contributed by atoms with Gasteiger partial charge in [-0.25, -0.2) is 0 Å². The van der Waals surface area contributed by atoms with Gasteiger partial charge in [0.25, 0.3) is 5.91 Å². The first kappa shape index (κ1) is 15.8. The summed E-state index contributed by atoms with van der Waals surface area (Å²) in [4.78, 5) is 17.5. The smallest absolute Gasteiger partial charge is 0.261 e. The van der Waals surface area contributed by atoms with Gasteiger partial charge in [-0.05, 0) is 23.6 Å². The van der Waals surface area contributed by atoms with Crippen molar-refractivity contribution in [2.24, 2.45) is 5.16 Å². The number of nitrogens with zero attached hydrogens (tertiary/aromatic N) is 1. The molecule has 0 aliphatic carbocycles. The van der Waals surface area contributed by atoms with Crippen LogP contribution in [0.3, 0.4) is 0 Å². The van der Waals surface area contributed by atoms with Crippen molar-refractivity contribution in [2.75, 3.05) is 6.61 Å². The van der Waals surface area contributed by atoms with Crippen molar-refractivity contribution in [2.45, 2.75) is 6.54 Å². The van der Waals surface area contributed by atoms with Crippen molar-refractivity contribution in [3.05, 3.63) is 56.2 Å². The molecule has 0 fully saturated rings. The number of amides is 1. The third-order valence-corrected chi connectivity index (χ3v) is 3.90. The standard InChI is InChI=1S/C14H12Cl2N2O2S/c15-11-4-3-10(13(16)6-11)7-18-20-9-14(19)17-8-12-2-1-5-21-12/h1-7H,8-9H2,(H,17,19)/b18-7-. The van der Waals surface area contributed by atoms with Crippen LogP contribution >= 0.6 is 34.5 Å². The zero-order valence-electron chi connectivity index (χ0n) is 10.9. The molecular formula is C14H12Cl2N2O2S. The number of rotatable bonds is 6. The van der Waals surface area contributed by atoms with Gasteiger partial charge in [0.05, 0.1) is 17.8 Å². The molecule has 7 heteroatoms. The van der Waals surface area contributed by atoms with Crippen molar-refractivity contribution >= 4 is 46.7 Å². The second-order valence-corrected chi connectivity index (χ2v) is 5.91. The highest BCUT2D eigenvalue weighted by Gasteiger charge is 2.02. The third kappa shape index (κ3) is 5.38. The summed E-state index contributed by atoms with van der Waals surface area (Å²) in [6, 6.07) is 8.91. The molecule has 0 radical (unpaired) electrons. The number of benzene rings is 1. The maximum absolute atomic E-state index is 11.5. The van der Waals surface area contributed by atoms with Gasteiger partial charge in [0.2, 0.25) is 0 Å². The molecule has 0 bridgehead atoms. The summed E-state index contributed by atoms with van der Waals surface area (Å²) in [6.45, 7) is 0.347. The number of carbonyl (C=O) groups excluding carboxylic acids is 1. The van der Waals surface area contributed by atoms with Gasteiger partial charge >= 0.3 is 0 Å². The lowest BCUT2D eigenvalue weighted by Crippen LogP contribution is -2.26. The predicted molar refractivity (Wildman–Crippen MR) is 86.2 cm³/mol. The lowest BCUT2D eigenvalue weighted by molar-refractivity contribution is -0.125. The molecule has 0 spiro atoms. The Balaban J connectivity index is 1.73. The van der Waals surface area contributed by atoms with Crippen LogP contribution in [0.4, 0.5) is 0 Å². The van der Waals surface area contributed by atoms with Crippen LogP contribution < -0.4 is 5.32 Å². The Morgan fingerprint density at radius 1 is 1.38 bits per heavy atom. The van der Waals surface area contributed by atoms with E-state index in [9.17, 15) is 4.79 Å². The summed E-state index contributed by atoms with van der Waals surface area (Å²) in [7, 11) is 0. The first-order valence-corrected chi connectivity index (χ1v) is 7.68. The minimum Gasteiger partial charge on any atom is -0.386 e. The van der Waals surface area contributed by atoms with Gasteiger partial charge < -0.3 is 10.2 Å². The van der Waals surface area contributed by atoms with Crippen LogP contribution in [0.1, 0.15) is 10.4 Å². The summed E-state index contributed by atoms with van der Waals surface area (Å²) in [5.41, 5.74) is 0.667. The van der Waals surface area contributed by atoms with Gasteiger partial charge in [0, 0.05) is 15.5 Å². The van der Waals surface area contributed by atoms with Crippen LogP contribution in [-0.2, 0) is 16.2 Å². The molecule has 1 aromatic carbocycles. The highest BCUT2D eigenvalue weighted by atomic mass is 35.5. The number of carbonyl (C=O) groups is 1. The number of thiophene rings is 1. The molecule has 0 saturated carbocycles. The Morgan fingerprint density at radius 3 is 2.95 bits per heavy atom. The topological polar surface area (TPSA) is 50.7 Å². The highest BCUT2D eigenvalue weighted by Crippen LogP contribution is 2.19. The van der Waals surface area contributed by atoms with Gasteiger partial charge in [-0.15, -0.1) is 11.3 Å². The fourth-order valence-corrected chi connectivity index (χ4v) is 2.55. The number of hydrogen-bond acceptors (Lipinski definition) is 4. The van der Waals surface area contributed by atoms with Crippen molar-refractivity contribution in [1.29, 1.82) is 0 Å². The van der Waals surface area contributed by atoms with Crippen LogP contribution in [-0.4, -0.2) is 18.7 Å². The number of nitrogens with one attached hydrogen (secondary N) is 1. The monoisotopic (exact) mass is 342 g/mol. The maximum Gasteiger partial charge on any atom is 0.261 e. The predicted octanol–water partition coefficient (Wildman–Crippen LogP) is 3.72. The number of halogens is 2. The molecule has 2 aromatic rings. The Labute approximate surface area is 136 Å². The summed E-state index contributed by atoms with van der Waals surface area (Å²) >= 11 is 13.3. The second-order valence-electron chi connectivity index (χ2n) is 4.03. The van der Waals surface area contributed by atoms with E-state index in [4.69, 9.17) is 28.0 Å². The number of hydrogen-bond donors (Lipinski definition) is 1. The Kier molecular flexibility index (Phi) is 6.04. The highest BCUT2D eigenvalue weighted by molar-refractivity contribution is 7.09. The normalized spacial score (nSPS) is 10.8. The van der Waals surface area contributed by atoms with Crippen LogP contribution in [0.2, 0.25) is 10.0 Å². The molecule has 0 unspecified atom stereocenters. The minimum atomic E-state index is -0.234. The Hall–Kier alpha value is -1.56. The van der Waals surface area contributed by atoms with Crippen molar-refractivity contribution in [3.8, 4) is 0 Å². The van der Waals surface area contributed by atoms with E-state index in [1.165, 1.54) is 6.21 Å². The average molecular weight is 343 g/mol. The molecule has 0 atom stereocenters. The van der Waals surface area contributed by atoms with Crippen molar-refractivity contribution in [3.63, 3.8) is 0 Å². The van der Waals surface area contributed by atoms with Gasteiger partial charge in [-0.1, -0.05) is 40.5 Å². The molecule has 1 amide bonds. The molecule has 2 rings (SSSR count). The second kappa shape index (κ2) is 8.02. The summed E-state index contributed by atoms with van der Waals surface area (Å²) in [5, 5.41) is 9.41. The lowest BCUT2D eigenvalue weighted by Gasteiger charge is -2.02. The fourth-order valence-electron chi connectivity index (χ4n) is 1.45. The quantitative estimate of drug-likeness (QED) is 0.642. The van der Waals surface area contributed by atoms with Crippen LogP contribution in [0.15, 0.2) is 40.9 Å². The van der Waals surface area contributed by atoms with Crippen LogP contribution in [0.5, 0.6) is 0 Å². The van der Waals surface area contributed by atoms with E-state index in [-0.39, 0.29) is 12.5 Å². The van der Waals surface area contributed by atoms with E-state index in [0.717, 1.165) is 4.88 Å². The van der Waals surface area contributed by atoms with E-state index < -0.39 is 0 Å². The van der Waals surface area contributed by atoms with E-state index in [0.29, 0.717) is 22.2 Å². The summed E-state index contributed by atoms with van der Waals surface area (Å²) < 4.78 is 0. The third-order valence-electron chi connectivity index (χ3n) is 2.46. The van der Waals surface area contributed by atoms with E-state index >= 15 is 0 Å². The molecule has 0 aliphatic rings. The van der Waals surface area contributed by atoms with Crippen LogP contribution in [0.25, 0.3) is 0 Å².